The fourth-order valence-corrected chi connectivity index (χ4v) is 2.09. The van der Waals surface area contributed by atoms with Gasteiger partial charge in [-0.3, -0.25) is 5.01 Å². The molecular weight excluding hydrogens is 212 g/mol. The smallest absolute Gasteiger partial charge is 0.127 e. The quantitative estimate of drug-likeness (QED) is 0.749. The number of benzene rings is 1. The molecule has 0 amide bonds. The van der Waals surface area contributed by atoms with Gasteiger partial charge in [0.15, 0.2) is 0 Å². The molecule has 1 aliphatic heterocycles. The molecule has 1 saturated heterocycles. The number of methoxy groups -OCH3 is 1. The summed E-state index contributed by atoms with van der Waals surface area (Å²) in [6.07, 6.45) is 7.08. The Kier molecular flexibility index (Phi) is 4.42. The second-order valence-corrected chi connectivity index (χ2v) is 4.35. The molecule has 0 aliphatic carbocycles. The van der Waals surface area contributed by atoms with E-state index in [0.717, 1.165) is 24.4 Å². The highest BCUT2D eigenvalue weighted by Crippen LogP contribution is 2.15. The molecule has 3 heteroatoms. The van der Waals surface area contributed by atoms with E-state index < -0.39 is 0 Å². The summed E-state index contributed by atoms with van der Waals surface area (Å²) < 4.78 is 5.30. The predicted octanol–water partition coefficient (Wildman–Crippen LogP) is 2.91. The zero-order valence-electron chi connectivity index (χ0n) is 10.4. The van der Waals surface area contributed by atoms with Crippen molar-refractivity contribution in [2.75, 3.05) is 20.2 Å². The molecule has 1 aromatic carbocycles. The molecule has 0 radical (unpaired) electrons. The summed E-state index contributed by atoms with van der Waals surface area (Å²) in [5, 5.41) is 6.72. The topological polar surface area (TPSA) is 24.8 Å². The number of hydrogen-bond donors (Lipinski definition) is 0. The molecule has 92 valence electrons. The third-order valence-corrected chi connectivity index (χ3v) is 3.08. The minimum Gasteiger partial charge on any atom is -0.496 e. The van der Waals surface area contributed by atoms with Gasteiger partial charge in [0.05, 0.1) is 13.3 Å². The SMILES string of the molecule is COc1ccccc1/C=N\N1CCCCCC1. The van der Waals surface area contributed by atoms with Crippen molar-refractivity contribution in [2.45, 2.75) is 25.7 Å². The fraction of sp³-hybridized carbons (Fsp3) is 0.500. The summed E-state index contributed by atoms with van der Waals surface area (Å²) in [5.41, 5.74) is 1.04. The third kappa shape index (κ3) is 3.48. The lowest BCUT2D eigenvalue weighted by atomic mass is 10.2. The summed E-state index contributed by atoms with van der Waals surface area (Å²) in [6, 6.07) is 7.97. The van der Waals surface area contributed by atoms with Crippen LogP contribution in [0.25, 0.3) is 0 Å². The minimum atomic E-state index is 0.881. The van der Waals surface area contributed by atoms with Crippen LogP contribution in [-0.2, 0) is 0 Å². The molecule has 1 aromatic rings. The Hall–Kier alpha value is -1.51. The van der Waals surface area contributed by atoms with Gasteiger partial charge in [0, 0.05) is 18.7 Å². The first-order chi connectivity index (χ1) is 8.40. The second kappa shape index (κ2) is 6.28. The van der Waals surface area contributed by atoms with Crippen molar-refractivity contribution in [3.8, 4) is 5.75 Å². The lowest BCUT2D eigenvalue weighted by Gasteiger charge is -2.15. The highest BCUT2D eigenvalue weighted by molar-refractivity contribution is 5.83. The van der Waals surface area contributed by atoms with Crippen LogP contribution in [0.3, 0.4) is 0 Å². The molecule has 1 aliphatic rings. The molecular formula is C14H20N2O. The molecule has 17 heavy (non-hydrogen) atoms. The van der Waals surface area contributed by atoms with Gasteiger partial charge >= 0.3 is 0 Å². The van der Waals surface area contributed by atoms with Crippen molar-refractivity contribution < 1.29 is 4.74 Å². The number of rotatable bonds is 3. The lowest BCUT2D eigenvalue weighted by molar-refractivity contribution is 0.302. The molecule has 0 saturated carbocycles. The molecule has 2 rings (SSSR count). The standard InChI is InChI=1S/C14H20N2O/c1-17-14-9-5-4-8-13(14)12-15-16-10-6-2-3-7-11-16/h4-5,8-9,12H,2-3,6-7,10-11H2,1H3/b15-12-. The summed E-state index contributed by atoms with van der Waals surface area (Å²) in [5.74, 6) is 0.881. The molecule has 0 unspecified atom stereocenters. The van der Waals surface area contributed by atoms with Crippen LogP contribution in [0.15, 0.2) is 29.4 Å². The molecule has 0 aromatic heterocycles. The maximum Gasteiger partial charge on any atom is 0.127 e. The molecule has 1 heterocycles. The Bertz CT molecular complexity index is 368. The highest BCUT2D eigenvalue weighted by atomic mass is 16.5. The Labute approximate surface area is 103 Å². The summed E-state index contributed by atoms with van der Waals surface area (Å²) >= 11 is 0. The first-order valence-electron chi connectivity index (χ1n) is 6.32. The molecule has 1 fully saturated rings. The lowest BCUT2D eigenvalue weighted by Crippen LogP contribution is -2.18. The average molecular weight is 232 g/mol. The van der Waals surface area contributed by atoms with Crippen molar-refractivity contribution in [2.24, 2.45) is 5.10 Å². The molecule has 0 spiro atoms. The van der Waals surface area contributed by atoms with E-state index in [1.807, 2.05) is 30.5 Å². The van der Waals surface area contributed by atoms with Crippen molar-refractivity contribution in [1.29, 1.82) is 0 Å². The predicted molar refractivity (Wildman–Crippen MR) is 70.6 cm³/mol. The monoisotopic (exact) mass is 232 g/mol. The fourth-order valence-electron chi connectivity index (χ4n) is 2.09. The normalized spacial score (nSPS) is 17.1. The average Bonchev–Trinajstić information content (AvgIpc) is 2.65. The van der Waals surface area contributed by atoms with Crippen LogP contribution in [0, 0.1) is 0 Å². The summed E-state index contributed by atoms with van der Waals surface area (Å²) in [4.78, 5) is 0. The van der Waals surface area contributed by atoms with E-state index in [1.165, 1.54) is 25.7 Å². The van der Waals surface area contributed by atoms with Gasteiger partial charge in [0.1, 0.15) is 5.75 Å². The first kappa shape index (κ1) is 12.0. The third-order valence-electron chi connectivity index (χ3n) is 3.08. The maximum atomic E-state index is 5.30. The Morgan fingerprint density at radius 3 is 2.53 bits per heavy atom. The largest absolute Gasteiger partial charge is 0.496 e. The zero-order valence-corrected chi connectivity index (χ0v) is 10.4. The van der Waals surface area contributed by atoms with E-state index in [4.69, 9.17) is 4.74 Å². The van der Waals surface area contributed by atoms with Gasteiger partial charge in [-0.15, -0.1) is 0 Å². The highest BCUT2D eigenvalue weighted by Gasteiger charge is 2.05. The minimum absolute atomic E-state index is 0.881. The summed E-state index contributed by atoms with van der Waals surface area (Å²) in [7, 11) is 1.69. The van der Waals surface area contributed by atoms with Crippen molar-refractivity contribution in [1.82, 2.24) is 5.01 Å². The Morgan fingerprint density at radius 1 is 1.12 bits per heavy atom. The maximum absolute atomic E-state index is 5.30. The van der Waals surface area contributed by atoms with Crippen molar-refractivity contribution in [3.63, 3.8) is 0 Å². The van der Waals surface area contributed by atoms with Crippen LogP contribution in [0.5, 0.6) is 5.75 Å². The first-order valence-corrected chi connectivity index (χ1v) is 6.32. The number of nitrogens with zero attached hydrogens (tertiary/aromatic N) is 2. The van der Waals surface area contributed by atoms with Gasteiger partial charge in [-0.25, -0.2) is 0 Å². The zero-order chi connectivity index (χ0) is 11.9. The molecule has 0 bridgehead atoms. The van der Waals surface area contributed by atoms with Crippen LogP contribution in [0.4, 0.5) is 0 Å². The number of ether oxygens (including phenoxy) is 1. The van der Waals surface area contributed by atoms with Gasteiger partial charge in [-0.2, -0.15) is 5.10 Å². The number of para-hydroxylation sites is 1. The van der Waals surface area contributed by atoms with Gasteiger partial charge in [0.2, 0.25) is 0 Å². The van der Waals surface area contributed by atoms with E-state index in [0.29, 0.717) is 0 Å². The summed E-state index contributed by atoms with van der Waals surface area (Å²) in [6.45, 7) is 2.15. The van der Waals surface area contributed by atoms with Crippen LogP contribution in [-0.4, -0.2) is 31.4 Å². The van der Waals surface area contributed by atoms with Crippen molar-refractivity contribution >= 4 is 6.21 Å². The van der Waals surface area contributed by atoms with Gasteiger partial charge in [-0.1, -0.05) is 25.0 Å². The van der Waals surface area contributed by atoms with Gasteiger partial charge in [0.25, 0.3) is 0 Å². The van der Waals surface area contributed by atoms with Crippen LogP contribution < -0.4 is 4.74 Å². The number of hydrazone groups is 1. The van der Waals surface area contributed by atoms with E-state index in [-0.39, 0.29) is 0 Å². The second-order valence-electron chi connectivity index (χ2n) is 4.35. The molecule has 3 nitrogen and oxygen atoms in total. The number of hydrogen-bond acceptors (Lipinski definition) is 3. The van der Waals surface area contributed by atoms with E-state index in [2.05, 4.69) is 10.1 Å². The van der Waals surface area contributed by atoms with Gasteiger partial charge < -0.3 is 4.74 Å². The van der Waals surface area contributed by atoms with Crippen LogP contribution in [0.1, 0.15) is 31.2 Å². The van der Waals surface area contributed by atoms with Crippen molar-refractivity contribution in [3.05, 3.63) is 29.8 Å². The van der Waals surface area contributed by atoms with Crippen LogP contribution in [0.2, 0.25) is 0 Å². The Balaban J connectivity index is 2.03. The van der Waals surface area contributed by atoms with Crippen LogP contribution >= 0.6 is 0 Å². The van der Waals surface area contributed by atoms with Gasteiger partial charge in [-0.05, 0) is 25.0 Å². The Morgan fingerprint density at radius 2 is 1.82 bits per heavy atom. The van der Waals surface area contributed by atoms with E-state index in [9.17, 15) is 0 Å². The molecule has 0 atom stereocenters. The van der Waals surface area contributed by atoms with E-state index in [1.54, 1.807) is 7.11 Å². The van der Waals surface area contributed by atoms with E-state index >= 15 is 0 Å². The molecule has 0 N–H and O–H groups in total.